The summed E-state index contributed by atoms with van der Waals surface area (Å²) in [5.74, 6) is 0.164. The molecule has 1 amide bonds. The van der Waals surface area contributed by atoms with E-state index < -0.39 is 0 Å². The monoisotopic (exact) mass is 183 g/mol. The number of likely N-dealkylation sites (tertiary alicyclic amines) is 1. The minimum absolute atomic E-state index is 0.164. The number of carbonyl (C=O) groups excluding carboxylic acids is 1. The van der Waals surface area contributed by atoms with Crippen LogP contribution in [0.3, 0.4) is 0 Å². The van der Waals surface area contributed by atoms with Crippen LogP contribution in [0.2, 0.25) is 0 Å². The van der Waals surface area contributed by atoms with Crippen molar-refractivity contribution in [3.05, 3.63) is 0 Å². The van der Waals surface area contributed by atoms with Crippen LogP contribution in [0.1, 0.15) is 19.3 Å². The summed E-state index contributed by atoms with van der Waals surface area (Å²) >= 11 is 0. The molecule has 1 aliphatic carbocycles. The summed E-state index contributed by atoms with van der Waals surface area (Å²) < 4.78 is 0. The molecule has 4 nitrogen and oxygen atoms in total. The summed E-state index contributed by atoms with van der Waals surface area (Å²) in [5.41, 5.74) is 5.74. The molecule has 1 heterocycles. The first kappa shape index (κ1) is 8.97. The highest BCUT2D eigenvalue weighted by molar-refractivity contribution is 5.78. The van der Waals surface area contributed by atoms with Crippen molar-refractivity contribution in [2.45, 2.75) is 31.3 Å². The molecular weight excluding hydrogens is 166 g/mol. The van der Waals surface area contributed by atoms with Gasteiger partial charge in [0.05, 0.1) is 6.54 Å². The van der Waals surface area contributed by atoms with Crippen molar-refractivity contribution in [2.75, 3.05) is 19.6 Å². The van der Waals surface area contributed by atoms with Gasteiger partial charge in [-0.2, -0.15) is 0 Å². The lowest BCUT2D eigenvalue weighted by molar-refractivity contribution is -0.122. The highest BCUT2D eigenvalue weighted by atomic mass is 16.2. The van der Waals surface area contributed by atoms with Crippen LogP contribution in [0, 0.1) is 0 Å². The van der Waals surface area contributed by atoms with Crippen molar-refractivity contribution in [2.24, 2.45) is 5.73 Å². The maximum Gasteiger partial charge on any atom is 0.234 e. The molecular formula is C9H17N3O. The third-order valence-corrected chi connectivity index (χ3v) is 2.62. The first-order valence-corrected chi connectivity index (χ1v) is 5.01. The van der Waals surface area contributed by atoms with E-state index in [4.69, 9.17) is 5.73 Å². The highest BCUT2D eigenvalue weighted by Crippen LogP contribution is 2.18. The van der Waals surface area contributed by atoms with Crippen molar-refractivity contribution in [3.63, 3.8) is 0 Å². The molecule has 4 heteroatoms. The number of hydrogen-bond acceptors (Lipinski definition) is 3. The largest absolute Gasteiger partial charge is 0.352 e. The van der Waals surface area contributed by atoms with Crippen LogP contribution in [0.4, 0.5) is 0 Å². The molecule has 0 unspecified atom stereocenters. The van der Waals surface area contributed by atoms with Crippen molar-refractivity contribution in [3.8, 4) is 0 Å². The van der Waals surface area contributed by atoms with Gasteiger partial charge in [-0.15, -0.1) is 0 Å². The second-order valence-corrected chi connectivity index (χ2v) is 4.13. The van der Waals surface area contributed by atoms with Crippen LogP contribution in [0.15, 0.2) is 0 Å². The highest BCUT2D eigenvalue weighted by Gasteiger charge is 2.26. The lowest BCUT2D eigenvalue weighted by atomic mass is 10.3. The van der Waals surface area contributed by atoms with Crippen molar-refractivity contribution in [1.82, 2.24) is 10.2 Å². The molecule has 2 fully saturated rings. The molecule has 1 atom stereocenters. The molecule has 0 bridgehead atoms. The lowest BCUT2D eigenvalue weighted by Gasteiger charge is -2.14. The molecule has 0 aromatic heterocycles. The number of carbonyl (C=O) groups is 1. The number of nitrogens with one attached hydrogen (secondary N) is 1. The predicted octanol–water partition coefficient (Wildman–Crippen LogP) is -0.702. The summed E-state index contributed by atoms with van der Waals surface area (Å²) in [6.45, 7) is 2.38. The van der Waals surface area contributed by atoms with Crippen LogP contribution in [-0.4, -0.2) is 42.5 Å². The van der Waals surface area contributed by atoms with Crippen LogP contribution in [0.25, 0.3) is 0 Å². The normalized spacial score (nSPS) is 29.2. The number of rotatable bonds is 3. The third kappa shape index (κ3) is 2.67. The third-order valence-electron chi connectivity index (χ3n) is 2.62. The lowest BCUT2D eigenvalue weighted by Crippen LogP contribution is -2.38. The first-order valence-electron chi connectivity index (χ1n) is 5.01. The Hall–Kier alpha value is -0.610. The zero-order valence-electron chi connectivity index (χ0n) is 7.83. The van der Waals surface area contributed by atoms with Gasteiger partial charge in [-0.05, 0) is 19.3 Å². The summed E-state index contributed by atoms with van der Waals surface area (Å²) in [6, 6.07) is 0.748. The Balaban J connectivity index is 1.67. The summed E-state index contributed by atoms with van der Waals surface area (Å²) in [4.78, 5) is 13.5. The van der Waals surface area contributed by atoms with E-state index in [1.165, 1.54) is 0 Å². The maximum atomic E-state index is 11.4. The Bertz CT molecular complexity index is 203. The standard InChI is InChI=1S/C9H17N3O/c10-7-3-4-12(5-7)6-9(13)11-8-1-2-8/h7-8H,1-6,10H2,(H,11,13)/t7-/m1/s1. The van der Waals surface area contributed by atoms with Crippen molar-refractivity contribution >= 4 is 5.91 Å². The first-order chi connectivity index (χ1) is 6.24. The number of nitrogens with two attached hydrogens (primary N) is 1. The Morgan fingerprint density at radius 3 is 2.77 bits per heavy atom. The number of amides is 1. The van der Waals surface area contributed by atoms with Gasteiger partial charge in [0, 0.05) is 25.2 Å². The van der Waals surface area contributed by atoms with E-state index in [0.717, 1.165) is 32.4 Å². The summed E-state index contributed by atoms with van der Waals surface area (Å²) in [6.07, 6.45) is 3.34. The minimum atomic E-state index is 0.164. The van der Waals surface area contributed by atoms with Gasteiger partial charge in [0.1, 0.15) is 0 Å². The fourth-order valence-electron chi connectivity index (χ4n) is 1.71. The average molecular weight is 183 g/mol. The second-order valence-electron chi connectivity index (χ2n) is 4.13. The SMILES string of the molecule is N[C@@H]1CCN(CC(=O)NC2CC2)C1. The van der Waals surface area contributed by atoms with Crippen LogP contribution in [0.5, 0.6) is 0 Å². The van der Waals surface area contributed by atoms with Gasteiger partial charge < -0.3 is 11.1 Å². The zero-order chi connectivity index (χ0) is 9.26. The van der Waals surface area contributed by atoms with Gasteiger partial charge in [-0.25, -0.2) is 0 Å². The van der Waals surface area contributed by atoms with Gasteiger partial charge in [0.25, 0.3) is 0 Å². The Morgan fingerprint density at radius 1 is 1.46 bits per heavy atom. The van der Waals surface area contributed by atoms with E-state index in [-0.39, 0.29) is 11.9 Å². The molecule has 2 aliphatic rings. The minimum Gasteiger partial charge on any atom is -0.352 e. The zero-order valence-corrected chi connectivity index (χ0v) is 7.83. The molecule has 1 aliphatic heterocycles. The topological polar surface area (TPSA) is 58.4 Å². The fourth-order valence-corrected chi connectivity index (χ4v) is 1.71. The van der Waals surface area contributed by atoms with E-state index in [2.05, 4.69) is 10.2 Å². The van der Waals surface area contributed by atoms with E-state index in [9.17, 15) is 4.79 Å². The van der Waals surface area contributed by atoms with Gasteiger partial charge in [-0.1, -0.05) is 0 Å². The Labute approximate surface area is 78.5 Å². The number of hydrogen-bond donors (Lipinski definition) is 2. The van der Waals surface area contributed by atoms with E-state index in [1.807, 2.05) is 0 Å². The molecule has 13 heavy (non-hydrogen) atoms. The van der Waals surface area contributed by atoms with Crippen molar-refractivity contribution in [1.29, 1.82) is 0 Å². The van der Waals surface area contributed by atoms with Crippen LogP contribution < -0.4 is 11.1 Å². The predicted molar refractivity (Wildman–Crippen MR) is 50.2 cm³/mol. The van der Waals surface area contributed by atoms with Crippen LogP contribution >= 0.6 is 0 Å². The van der Waals surface area contributed by atoms with Crippen molar-refractivity contribution < 1.29 is 4.79 Å². The summed E-state index contributed by atoms with van der Waals surface area (Å²) in [5, 5.41) is 2.97. The average Bonchev–Trinajstić information content (AvgIpc) is 2.76. The molecule has 74 valence electrons. The molecule has 0 spiro atoms. The van der Waals surface area contributed by atoms with Gasteiger partial charge >= 0.3 is 0 Å². The fraction of sp³-hybridized carbons (Fsp3) is 0.889. The molecule has 1 saturated heterocycles. The van der Waals surface area contributed by atoms with E-state index in [1.54, 1.807) is 0 Å². The molecule has 0 aromatic carbocycles. The van der Waals surface area contributed by atoms with Gasteiger partial charge in [0.2, 0.25) is 5.91 Å². The Morgan fingerprint density at radius 2 is 2.23 bits per heavy atom. The number of nitrogens with zero attached hydrogens (tertiary/aromatic N) is 1. The molecule has 0 radical (unpaired) electrons. The molecule has 3 N–H and O–H groups in total. The van der Waals surface area contributed by atoms with E-state index in [0.29, 0.717) is 12.6 Å². The second kappa shape index (κ2) is 3.64. The van der Waals surface area contributed by atoms with E-state index >= 15 is 0 Å². The smallest absolute Gasteiger partial charge is 0.234 e. The quantitative estimate of drug-likeness (QED) is 0.608. The van der Waals surface area contributed by atoms with Crippen LogP contribution in [-0.2, 0) is 4.79 Å². The summed E-state index contributed by atoms with van der Waals surface area (Å²) in [7, 11) is 0. The molecule has 2 rings (SSSR count). The van der Waals surface area contributed by atoms with Gasteiger partial charge in [-0.3, -0.25) is 9.69 Å². The Kier molecular flexibility index (Phi) is 2.51. The van der Waals surface area contributed by atoms with Gasteiger partial charge in [0.15, 0.2) is 0 Å². The molecule has 1 saturated carbocycles. The molecule has 0 aromatic rings. The maximum absolute atomic E-state index is 11.4.